The van der Waals surface area contributed by atoms with E-state index in [1.165, 1.54) is 0 Å². The van der Waals surface area contributed by atoms with Gasteiger partial charge in [0.1, 0.15) is 5.75 Å². The molecule has 4 nitrogen and oxygen atoms in total. The van der Waals surface area contributed by atoms with Gasteiger partial charge >= 0.3 is 0 Å². The monoisotopic (exact) mass is 379 g/mol. The Morgan fingerprint density at radius 3 is 2.37 bits per heavy atom. The van der Waals surface area contributed by atoms with Crippen molar-refractivity contribution >= 4 is 29.0 Å². The lowest BCUT2D eigenvalue weighted by molar-refractivity contribution is -0.122. The number of hydrogen-bond acceptors (Lipinski definition) is 3. The van der Waals surface area contributed by atoms with Crippen molar-refractivity contribution < 1.29 is 14.3 Å². The minimum atomic E-state index is -0.761. The Morgan fingerprint density at radius 2 is 1.63 bits per heavy atom. The van der Waals surface area contributed by atoms with Gasteiger partial charge in [0.25, 0.3) is 5.91 Å². The minimum absolute atomic E-state index is 0.157. The number of amides is 1. The Morgan fingerprint density at radius 1 is 0.926 bits per heavy atom. The SMILES string of the molecule is C[C@@H](Oc1cccc(Cl)c1)C(=O)Nc1ccccc1C(=O)c1ccccc1. The Bertz CT molecular complexity index is 957. The summed E-state index contributed by atoms with van der Waals surface area (Å²) in [7, 11) is 0. The maximum atomic E-state index is 12.7. The first-order valence-electron chi connectivity index (χ1n) is 8.46. The van der Waals surface area contributed by atoms with Gasteiger partial charge in [0, 0.05) is 16.1 Å². The quantitative estimate of drug-likeness (QED) is 0.615. The lowest BCUT2D eigenvalue weighted by Gasteiger charge is -2.16. The van der Waals surface area contributed by atoms with E-state index in [1.54, 1.807) is 79.7 Å². The number of benzene rings is 3. The summed E-state index contributed by atoms with van der Waals surface area (Å²) in [6, 6.07) is 22.7. The van der Waals surface area contributed by atoms with Crippen LogP contribution in [-0.4, -0.2) is 17.8 Å². The number of nitrogens with one attached hydrogen (secondary N) is 1. The number of carbonyl (C=O) groups is 2. The van der Waals surface area contributed by atoms with E-state index in [0.29, 0.717) is 27.6 Å². The van der Waals surface area contributed by atoms with Crippen molar-refractivity contribution in [3.8, 4) is 5.75 Å². The molecule has 0 aliphatic rings. The largest absolute Gasteiger partial charge is 0.481 e. The maximum Gasteiger partial charge on any atom is 0.265 e. The van der Waals surface area contributed by atoms with E-state index in [-0.39, 0.29) is 11.7 Å². The number of ether oxygens (including phenoxy) is 1. The molecule has 0 bridgehead atoms. The molecule has 0 radical (unpaired) electrons. The van der Waals surface area contributed by atoms with Crippen molar-refractivity contribution in [2.75, 3.05) is 5.32 Å². The second-order valence-electron chi connectivity index (χ2n) is 5.95. The lowest BCUT2D eigenvalue weighted by atomic mass is 10.0. The van der Waals surface area contributed by atoms with Crippen molar-refractivity contribution in [3.05, 3.63) is 95.0 Å². The molecule has 1 amide bonds. The molecule has 0 saturated carbocycles. The molecule has 1 atom stereocenters. The summed E-state index contributed by atoms with van der Waals surface area (Å²) in [6.07, 6.45) is -0.761. The third-order valence-corrected chi connectivity index (χ3v) is 4.18. The van der Waals surface area contributed by atoms with Crippen LogP contribution in [0.1, 0.15) is 22.8 Å². The van der Waals surface area contributed by atoms with Crippen LogP contribution in [0.15, 0.2) is 78.9 Å². The van der Waals surface area contributed by atoms with Gasteiger partial charge in [-0.3, -0.25) is 9.59 Å². The van der Waals surface area contributed by atoms with Crippen LogP contribution in [0.4, 0.5) is 5.69 Å². The standard InChI is InChI=1S/C22H18ClNO3/c1-15(27-18-11-7-10-17(23)14-18)22(26)24-20-13-6-5-12-19(20)21(25)16-8-3-2-4-9-16/h2-15H,1H3,(H,24,26)/t15-/m1/s1. The number of halogens is 1. The molecule has 3 aromatic carbocycles. The van der Waals surface area contributed by atoms with Gasteiger partial charge in [-0.15, -0.1) is 0 Å². The maximum absolute atomic E-state index is 12.7. The highest BCUT2D eigenvalue weighted by atomic mass is 35.5. The zero-order valence-electron chi connectivity index (χ0n) is 14.7. The number of para-hydroxylation sites is 1. The summed E-state index contributed by atoms with van der Waals surface area (Å²) in [6.45, 7) is 1.64. The van der Waals surface area contributed by atoms with E-state index < -0.39 is 6.10 Å². The summed E-state index contributed by atoms with van der Waals surface area (Å²) in [5.41, 5.74) is 1.42. The van der Waals surface area contributed by atoms with Crippen LogP contribution in [0.5, 0.6) is 5.75 Å². The third kappa shape index (κ3) is 4.74. The molecular formula is C22H18ClNO3. The van der Waals surface area contributed by atoms with Crippen molar-refractivity contribution in [3.63, 3.8) is 0 Å². The molecule has 0 fully saturated rings. The van der Waals surface area contributed by atoms with Gasteiger partial charge in [-0.2, -0.15) is 0 Å². The summed E-state index contributed by atoms with van der Waals surface area (Å²) < 4.78 is 5.63. The topological polar surface area (TPSA) is 55.4 Å². The first-order chi connectivity index (χ1) is 13.0. The molecule has 5 heteroatoms. The Hall–Kier alpha value is -3.11. The van der Waals surface area contributed by atoms with Gasteiger partial charge in [0.2, 0.25) is 0 Å². The fourth-order valence-corrected chi connectivity index (χ4v) is 2.75. The molecule has 27 heavy (non-hydrogen) atoms. The highest BCUT2D eigenvalue weighted by Crippen LogP contribution is 2.21. The van der Waals surface area contributed by atoms with Crippen molar-refractivity contribution in [2.24, 2.45) is 0 Å². The summed E-state index contributed by atoms with van der Waals surface area (Å²) in [4.78, 5) is 25.3. The number of rotatable bonds is 6. The molecule has 0 aliphatic heterocycles. The second kappa shape index (κ2) is 8.52. The number of hydrogen-bond donors (Lipinski definition) is 1. The third-order valence-electron chi connectivity index (χ3n) is 3.94. The molecule has 1 N–H and O–H groups in total. The Labute approximate surface area is 162 Å². The molecule has 0 saturated heterocycles. The van der Waals surface area contributed by atoms with Gasteiger partial charge in [0.15, 0.2) is 11.9 Å². The summed E-state index contributed by atoms with van der Waals surface area (Å²) >= 11 is 5.93. The van der Waals surface area contributed by atoms with Gasteiger partial charge < -0.3 is 10.1 Å². The lowest BCUT2D eigenvalue weighted by Crippen LogP contribution is -2.30. The van der Waals surface area contributed by atoms with E-state index in [1.807, 2.05) is 6.07 Å². The van der Waals surface area contributed by atoms with Crippen LogP contribution in [0, 0.1) is 0 Å². The van der Waals surface area contributed by atoms with E-state index >= 15 is 0 Å². The molecule has 0 aliphatic carbocycles. The molecular weight excluding hydrogens is 362 g/mol. The molecule has 136 valence electrons. The van der Waals surface area contributed by atoms with E-state index in [9.17, 15) is 9.59 Å². The van der Waals surface area contributed by atoms with Crippen molar-refractivity contribution in [2.45, 2.75) is 13.0 Å². The predicted molar refractivity (Wildman–Crippen MR) is 106 cm³/mol. The fraction of sp³-hybridized carbons (Fsp3) is 0.0909. The highest BCUT2D eigenvalue weighted by molar-refractivity contribution is 6.30. The van der Waals surface area contributed by atoms with Crippen LogP contribution in [-0.2, 0) is 4.79 Å². The molecule has 0 spiro atoms. The van der Waals surface area contributed by atoms with E-state index in [2.05, 4.69) is 5.32 Å². The molecule has 0 aromatic heterocycles. The van der Waals surface area contributed by atoms with E-state index in [4.69, 9.17) is 16.3 Å². The summed E-state index contributed by atoms with van der Waals surface area (Å²) in [5.74, 6) is -0.0167. The van der Waals surface area contributed by atoms with Crippen molar-refractivity contribution in [1.82, 2.24) is 0 Å². The first-order valence-corrected chi connectivity index (χ1v) is 8.84. The van der Waals surface area contributed by atoms with Gasteiger partial charge in [0.05, 0.1) is 5.69 Å². The zero-order chi connectivity index (χ0) is 19.2. The van der Waals surface area contributed by atoms with Crippen LogP contribution < -0.4 is 10.1 Å². The molecule has 0 heterocycles. The van der Waals surface area contributed by atoms with Gasteiger partial charge in [-0.05, 0) is 37.3 Å². The van der Waals surface area contributed by atoms with Crippen LogP contribution in [0.2, 0.25) is 5.02 Å². The first kappa shape index (κ1) is 18.7. The van der Waals surface area contributed by atoms with Crippen LogP contribution >= 0.6 is 11.6 Å². The molecule has 3 rings (SSSR count). The van der Waals surface area contributed by atoms with E-state index in [0.717, 1.165) is 0 Å². The molecule has 0 unspecified atom stereocenters. The molecule has 3 aromatic rings. The highest BCUT2D eigenvalue weighted by Gasteiger charge is 2.19. The van der Waals surface area contributed by atoms with Gasteiger partial charge in [-0.1, -0.05) is 60.1 Å². The number of carbonyl (C=O) groups excluding carboxylic acids is 2. The fourth-order valence-electron chi connectivity index (χ4n) is 2.57. The summed E-state index contributed by atoms with van der Waals surface area (Å²) in [5, 5.41) is 3.30. The Balaban J connectivity index is 1.75. The normalized spacial score (nSPS) is 11.5. The van der Waals surface area contributed by atoms with Gasteiger partial charge in [-0.25, -0.2) is 0 Å². The zero-order valence-corrected chi connectivity index (χ0v) is 15.4. The minimum Gasteiger partial charge on any atom is -0.481 e. The smallest absolute Gasteiger partial charge is 0.265 e. The average Bonchev–Trinajstić information content (AvgIpc) is 2.68. The van der Waals surface area contributed by atoms with Crippen LogP contribution in [0.3, 0.4) is 0 Å². The Kier molecular flexibility index (Phi) is 5.89. The predicted octanol–water partition coefficient (Wildman–Crippen LogP) is 4.98. The number of ketones is 1. The number of anilines is 1. The van der Waals surface area contributed by atoms with Crippen molar-refractivity contribution in [1.29, 1.82) is 0 Å². The second-order valence-corrected chi connectivity index (χ2v) is 6.38. The average molecular weight is 380 g/mol. The van der Waals surface area contributed by atoms with Crippen LogP contribution in [0.25, 0.3) is 0 Å².